The average molecular weight is 657 g/mol. The molecule has 0 spiro atoms. The van der Waals surface area contributed by atoms with Crippen molar-refractivity contribution in [3.05, 3.63) is 101 Å². The van der Waals surface area contributed by atoms with E-state index in [1.165, 1.54) is 38.9 Å². The number of hydrogen-bond acceptors (Lipinski definition) is 1. The summed E-state index contributed by atoms with van der Waals surface area (Å²) in [5.74, 6) is 0.258. The number of pyridine rings is 2. The van der Waals surface area contributed by atoms with Gasteiger partial charge in [-0.1, -0.05) is 80.0 Å². The highest BCUT2D eigenvalue weighted by molar-refractivity contribution is 6.02. The fourth-order valence-electron chi connectivity index (χ4n) is 10.6. The van der Waals surface area contributed by atoms with E-state index in [2.05, 4.69) is 137 Å². The van der Waals surface area contributed by atoms with Crippen molar-refractivity contribution in [3.63, 3.8) is 0 Å². The first-order valence-corrected chi connectivity index (χ1v) is 18.7. The van der Waals surface area contributed by atoms with Crippen LogP contribution in [0.2, 0.25) is 0 Å². The molecule has 4 heterocycles. The van der Waals surface area contributed by atoms with Crippen molar-refractivity contribution >= 4 is 10.8 Å². The molecule has 1 fully saturated rings. The van der Waals surface area contributed by atoms with E-state index < -0.39 is 5.41 Å². The van der Waals surface area contributed by atoms with Gasteiger partial charge in [0.1, 0.15) is 18.6 Å². The maximum atomic E-state index is 16.5. The highest BCUT2D eigenvalue weighted by Gasteiger charge is 2.74. The quantitative estimate of drug-likeness (QED) is 0.153. The summed E-state index contributed by atoms with van der Waals surface area (Å²) in [5, 5.41) is 7.96. The maximum Gasteiger partial charge on any atom is 0.230 e. The van der Waals surface area contributed by atoms with E-state index in [4.69, 9.17) is 5.10 Å². The zero-order valence-corrected chi connectivity index (χ0v) is 31.0. The van der Waals surface area contributed by atoms with Crippen molar-refractivity contribution in [3.8, 4) is 22.6 Å². The van der Waals surface area contributed by atoms with Gasteiger partial charge >= 0.3 is 0 Å². The van der Waals surface area contributed by atoms with Crippen molar-refractivity contribution in [2.24, 2.45) is 13.0 Å². The predicted molar refractivity (Wildman–Crippen MR) is 196 cm³/mol. The third-order valence-corrected chi connectivity index (χ3v) is 13.1. The Morgan fingerprint density at radius 2 is 1.76 bits per heavy atom. The van der Waals surface area contributed by atoms with Crippen LogP contribution < -0.4 is 9.13 Å². The van der Waals surface area contributed by atoms with Crippen LogP contribution in [0.1, 0.15) is 115 Å². The molecule has 0 saturated heterocycles. The van der Waals surface area contributed by atoms with E-state index in [0.717, 1.165) is 67.6 Å². The summed E-state index contributed by atoms with van der Waals surface area (Å²) in [4.78, 5) is 0. The van der Waals surface area contributed by atoms with Crippen LogP contribution in [0.5, 0.6) is 0 Å². The second-order valence-electron chi connectivity index (χ2n) is 16.9. The lowest BCUT2D eigenvalue weighted by molar-refractivity contribution is -0.787. The van der Waals surface area contributed by atoms with E-state index in [0.29, 0.717) is 5.92 Å². The van der Waals surface area contributed by atoms with Crippen molar-refractivity contribution in [1.29, 1.82) is 0 Å². The summed E-state index contributed by atoms with van der Waals surface area (Å²) in [6.45, 7) is 19.1. The molecule has 254 valence electrons. The zero-order chi connectivity index (χ0) is 34.7. The minimum absolute atomic E-state index is 0.0704. The second kappa shape index (κ2) is 10.8. The smallest absolute Gasteiger partial charge is 0.230 e. The summed E-state index contributed by atoms with van der Waals surface area (Å²) in [6.07, 6.45) is 10.9. The monoisotopic (exact) mass is 656 g/mol. The Hall–Kier alpha value is -3.86. The second-order valence-corrected chi connectivity index (χ2v) is 16.9. The lowest BCUT2D eigenvalue weighted by Crippen LogP contribution is -2.79. The van der Waals surface area contributed by atoms with Crippen LogP contribution in [0.25, 0.3) is 33.4 Å². The molecule has 4 nitrogen and oxygen atoms in total. The Labute approximate surface area is 292 Å². The minimum atomic E-state index is -0.457. The number of hydrogen-bond donors (Lipinski definition) is 0. The van der Waals surface area contributed by atoms with Crippen LogP contribution in [0.15, 0.2) is 67.0 Å². The zero-order valence-electron chi connectivity index (χ0n) is 31.0. The largest absolute Gasteiger partial charge is 0.258 e. The molecule has 1 aliphatic heterocycles. The van der Waals surface area contributed by atoms with Gasteiger partial charge in [0.25, 0.3) is 0 Å². The Balaban J connectivity index is 1.36. The molecule has 3 aromatic heterocycles. The van der Waals surface area contributed by atoms with Gasteiger partial charge < -0.3 is 0 Å². The van der Waals surface area contributed by atoms with Crippen LogP contribution in [0.3, 0.4) is 0 Å². The predicted octanol–water partition coefficient (Wildman–Crippen LogP) is 9.39. The van der Waals surface area contributed by atoms with Gasteiger partial charge in [-0.25, -0.2) is 4.39 Å². The standard InChI is InChI=1S/C44H53FN4/c1-10-13-16-28-23-29-20-22-48-40-37(29)32(24-28)42(7,8)39-33(45)19-18-31(38(39)40)44(12-3)30(26-43(44,48)11-2)27-49-35(25-36(46-49)41(4,5)6)34-17-14-15-21-47(34)9/h14-15,17-25,30H,10-13,16,26-27H2,1-9H3/q+2. The molecular weight excluding hydrogens is 604 g/mol. The van der Waals surface area contributed by atoms with Gasteiger partial charge in [0.2, 0.25) is 11.4 Å². The summed E-state index contributed by atoms with van der Waals surface area (Å²) in [6, 6.07) is 19.9. The Morgan fingerprint density at radius 3 is 2.45 bits per heavy atom. The Morgan fingerprint density at radius 1 is 0.959 bits per heavy atom. The number of halogens is 1. The fourth-order valence-corrected chi connectivity index (χ4v) is 10.6. The molecule has 3 aliphatic rings. The molecule has 5 heteroatoms. The molecule has 0 bridgehead atoms. The van der Waals surface area contributed by atoms with Gasteiger partial charge in [0.15, 0.2) is 17.9 Å². The summed E-state index contributed by atoms with van der Waals surface area (Å²) < 4.78 is 23.7. The number of aryl methyl sites for hydroxylation is 2. The van der Waals surface area contributed by atoms with Crippen molar-refractivity contribution in [1.82, 2.24) is 9.78 Å². The summed E-state index contributed by atoms with van der Waals surface area (Å²) in [5.41, 5.74) is 9.92. The average Bonchev–Trinajstić information content (AvgIpc) is 3.49. The van der Waals surface area contributed by atoms with Crippen molar-refractivity contribution in [2.75, 3.05) is 0 Å². The molecule has 3 atom stereocenters. The van der Waals surface area contributed by atoms with Crippen LogP contribution in [0.4, 0.5) is 4.39 Å². The molecule has 0 N–H and O–H groups in total. The van der Waals surface area contributed by atoms with E-state index in [1.807, 2.05) is 0 Å². The molecule has 5 aromatic rings. The Kier molecular flexibility index (Phi) is 7.14. The van der Waals surface area contributed by atoms with Gasteiger partial charge in [-0.3, -0.25) is 4.68 Å². The van der Waals surface area contributed by atoms with Crippen molar-refractivity contribution < 1.29 is 13.5 Å². The van der Waals surface area contributed by atoms with Gasteiger partial charge in [-0.2, -0.15) is 14.2 Å². The van der Waals surface area contributed by atoms with Crippen LogP contribution >= 0.6 is 0 Å². The molecule has 8 rings (SSSR count). The lowest BCUT2D eigenvalue weighted by Gasteiger charge is -2.63. The normalized spacial score (nSPS) is 23.0. The van der Waals surface area contributed by atoms with Gasteiger partial charge in [-0.15, -0.1) is 0 Å². The van der Waals surface area contributed by atoms with Gasteiger partial charge in [0.05, 0.1) is 22.1 Å². The van der Waals surface area contributed by atoms with Gasteiger partial charge in [0, 0.05) is 59.9 Å². The molecular formula is C44H53FN4+2. The summed E-state index contributed by atoms with van der Waals surface area (Å²) >= 11 is 0. The van der Waals surface area contributed by atoms with E-state index in [9.17, 15) is 0 Å². The first-order chi connectivity index (χ1) is 23.3. The third-order valence-electron chi connectivity index (χ3n) is 13.1. The Bertz CT molecular complexity index is 2150. The number of nitrogens with zero attached hydrogens (tertiary/aromatic N) is 4. The van der Waals surface area contributed by atoms with Crippen LogP contribution in [-0.4, -0.2) is 9.78 Å². The van der Waals surface area contributed by atoms with E-state index >= 15 is 4.39 Å². The van der Waals surface area contributed by atoms with Crippen LogP contribution in [0, 0.1) is 11.7 Å². The molecule has 2 aromatic carbocycles. The van der Waals surface area contributed by atoms with Gasteiger partial charge in [-0.05, 0) is 59.5 Å². The lowest BCUT2D eigenvalue weighted by atomic mass is 9.41. The number of benzene rings is 2. The minimum Gasteiger partial charge on any atom is -0.258 e. The third kappa shape index (κ3) is 4.17. The number of fused-ring (bicyclic) bond motifs is 3. The topological polar surface area (TPSA) is 25.6 Å². The first kappa shape index (κ1) is 32.4. The molecule has 49 heavy (non-hydrogen) atoms. The number of rotatable bonds is 8. The highest BCUT2D eigenvalue weighted by Crippen LogP contribution is 2.68. The number of unbranched alkanes of at least 4 members (excludes halogenated alkanes) is 1. The first-order valence-electron chi connectivity index (χ1n) is 18.7. The maximum absolute atomic E-state index is 16.5. The highest BCUT2D eigenvalue weighted by atomic mass is 19.1. The number of aromatic nitrogens is 4. The SMILES string of the molecule is CCCCc1cc2c3c4[n+](ccc3c1)C1(CC)CC(Cn3nc(C(C)(C)C)cc3-c3cccc[n+]3C)C1(CC)c1ccc(F)c(c1-4)C2(C)C. The molecule has 3 unspecified atom stereocenters. The molecule has 0 radical (unpaired) electrons. The van der Waals surface area contributed by atoms with E-state index in [1.54, 1.807) is 6.07 Å². The molecule has 2 aliphatic carbocycles. The van der Waals surface area contributed by atoms with Crippen LogP contribution in [-0.2, 0) is 41.8 Å². The fraction of sp³-hybridized carbons (Fsp3) is 0.477. The summed E-state index contributed by atoms with van der Waals surface area (Å²) in [7, 11) is 2.12. The molecule has 0 amide bonds. The molecule has 1 saturated carbocycles. The van der Waals surface area contributed by atoms with Crippen molar-refractivity contribution in [2.45, 2.75) is 122 Å². The van der Waals surface area contributed by atoms with E-state index in [-0.39, 0.29) is 22.2 Å².